The highest BCUT2D eigenvalue weighted by Gasteiger charge is 2.14. The second kappa shape index (κ2) is 7.20. The number of carbonyl (C=O) groups excluding carboxylic acids is 1. The molecule has 0 aliphatic carbocycles. The van der Waals surface area contributed by atoms with Crippen LogP contribution >= 0.6 is 11.6 Å². The predicted molar refractivity (Wildman–Crippen MR) is 83.2 cm³/mol. The highest BCUT2D eigenvalue weighted by molar-refractivity contribution is 6.30. The Balaban J connectivity index is 2.39. The summed E-state index contributed by atoms with van der Waals surface area (Å²) in [6.07, 6.45) is 2.96. The second-order valence-electron chi connectivity index (χ2n) is 5.41. The zero-order chi connectivity index (χ0) is 15.2. The normalized spacial score (nSPS) is 11.4. The summed E-state index contributed by atoms with van der Waals surface area (Å²) in [5, 5.41) is 3.26. The highest BCUT2D eigenvalue weighted by Crippen LogP contribution is 2.17. The van der Waals surface area contributed by atoms with Crippen LogP contribution in [0.5, 0.6) is 0 Å². The number of alkyl carbamates (subject to hydrolysis) is 1. The van der Waals surface area contributed by atoms with E-state index in [0.717, 1.165) is 5.69 Å². The summed E-state index contributed by atoms with van der Waals surface area (Å²) >= 11 is 5.94. The first kappa shape index (κ1) is 16.4. The minimum absolute atomic E-state index is 0.459. The number of amides is 1. The standard InChI is InChI=1S/C15H21ClN2O2/c1-15(2,3)20-14(19)17-9-6-10-18(4)13-8-5-7-12(16)11-13/h5-9,11H,10H2,1-4H3,(H,17,19)/b9-6+. The van der Waals surface area contributed by atoms with E-state index >= 15 is 0 Å². The van der Waals surface area contributed by atoms with Crippen LogP contribution in [-0.4, -0.2) is 25.3 Å². The van der Waals surface area contributed by atoms with Gasteiger partial charge in [-0.05, 0) is 45.0 Å². The van der Waals surface area contributed by atoms with Crippen LogP contribution in [0.2, 0.25) is 5.02 Å². The van der Waals surface area contributed by atoms with Gasteiger partial charge in [-0.1, -0.05) is 17.7 Å². The maximum Gasteiger partial charge on any atom is 0.411 e. The molecule has 0 heterocycles. The van der Waals surface area contributed by atoms with Gasteiger partial charge in [0.1, 0.15) is 5.60 Å². The average Bonchev–Trinajstić information content (AvgIpc) is 2.32. The molecule has 5 heteroatoms. The van der Waals surface area contributed by atoms with E-state index in [1.807, 2.05) is 63.1 Å². The molecule has 0 saturated heterocycles. The van der Waals surface area contributed by atoms with Crippen molar-refractivity contribution in [3.63, 3.8) is 0 Å². The number of anilines is 1. The van der Waals surface area contributed by atoms with Crippen molar-refractivity contribution in [2.24, 2.45) is 0 Å². The SMILES string of the molecule is CN(C/C=C/NC(=O)OC(C)(C)C)c1cccc(Cl)c1. The molecular weight excluding hydrogens is 276 g/mol. The topological polar surface area (TPSA) is 41.6 Å². The van der Waals surface area contributed by atoms with Crippen molar-refractivity contribution in [3.05, 3.63) is 41.6 Å². The number of hydrogen-bond donors (Lipinski definition) is 1. The van der Waals surface area contributed by atoms with Crippen molar-refractivity contribution < 1.29 is 9.53 Å². The molecule has 0 aliphatic heterocycles. The zero-order valence-corrected chi connectivity index (χ0v) is 13.1. The molecule has 0 fully saturated rings. The predicted octanol–water partition coefficient (Wildman–Crippen LogP) is 3.81. The molecule has 0 spiro atoms. The Morgan fingerprint density at radius 2 is 2.15 bits per heavy atom. The largest absolute Gasteiger partial charge is 0.444 e. The number of halogens is 1. The van der Waals surface area contributed by atoms with Gasteiger partial charge < -0.3 is 9.64 Å². The van der Waals surface area contributed by atoms with Gasteiger partial charge in [-0.25, -0.2) is 4.79 Å². The molecule has 1 aromatic carbocycles. The summed E-state index contributed by atoms with van der Waals surface area (Å²) in [6.45, 7) is 6.12. The van der Waals surface area contributed by atoms with Gasteiger partial charge in [0.2, 0.25) is 0 Å². The summed E-state index contributed by atoms with van der Waals surface area (Å²) in [4.78, 5) is 13.4. The summed E-state index contributed by atoms with van der Waals surface area (Å²) in [7, 11) is 1.95. The Morgan fingerprint density at radius 1 is 1.45 bits per heavy atom. The van der Waals surface area contributed by atoms with Crippen LogP contribution in [0.4, 0.5) is 10.5 Å². The Hall–Kier alpha value is -1.68. The Morgan fingerprint density at radius 3 is 2.75 bits per heavy atom. The van der Waals surface area contributed by atoms with Gasteiger partial charge in [0.05, 0.1) is 0 Å². The van der Waals surface area contributed by atoms with Crippen LogP contribution in [0, 0.1) is 0 Å². The molecule has 1 N–H and O–H groups in total. The van der Waals surface area contributed by atoms with Gasteiger partial charge in [-0.15, -0.1) is 0 Å². The Kier molecular flexibility index (Phi) is 5.89. The van der Waals surface area contributed by atoms with E-state index in [-0.39, 0.29) is 0 Å². The van der Waals surface area contributed by atoms with E-state index in [0.29, 0.717) is 11.6 Å². The minimum atomic E-state index is -0.491. The van der Waals surface area contributed by atoms with Crippen LogP contribution in [0.1, 0.15) is 20.8 Å². The number of nitrogens with one attached hydrogen (secondary N) is 1. The molecular formula is C15H21ClN2O2. The monoisotopic (exact) mass is 296 g/mol. The molecule has 0 saturated carbocycles. The zero-order valence-electron chi connectivity index (χ0n) is 12.3. The molecule has 1 aromatic rings. The smallest absolute Gasteiger partial charge is 0.411 e. The van der Waals surface area contributed by atoms with Crippen molar-refractivity contribution in [3.8, 4) is 0 Å². The molecule has 4 nitrogen and oxygen atoms in total. The molecule has 0 unspecified atom stereocenters. The van der Waals surface area contributed by atoms with Gasteiger partial charge in [0.25, 0.3) is 0 Å². The summed E-state index contributed by atoms with van der Waals surface area (Å²) < 4.78 is 5.11. The van der Waals surface area contributed by atoms with Crippen LogP contribution in [0.3, 0.4) is 0 Å². The molecule has 20 heavy (non-hydrogen) atoms. The maximum absolute atomic E-state index is 11.4. The Labute approximate surface area is 125 Å². The van der Waals surface area contributed by atoms with Crippen molar-refractivity contribution in [1.82, 2.24) is 5.32 Å². The molecule has 1 rings (SSSR count). The number of carbonyl (C=O) groups is 1. The fraction of sp³-hybridized carbons (Fsp3) is 0.400. The third-order valence-electron chi connectivity index (χ3n) is 2.35. The van der Waals surface area contributed by atoms with Crippen molar-refractivity contribution >= 4 is 23.4 Å². The molecule has 110 valence electrons. The highest BCUT2D eigenvalue weighted by atomic mass is 35.5. The maximum atomic E-state index is 11.4. The number of benzene rings is 1. The molecule has 0 bridgehead atoms. The van der Waals surface area contributed by atoms with E-state index in [1.165, 1.54) is 0 Å². The minimum Gasteiger partial charge on any atom is -0.444 e. The van der Waals surface area contributed by atoms with E-state index in [2.05, 4.69) is 5.32 Å². The lowest BCUT2D eigenvalue weighted by Gasteiger charge is -2.19. The van der Waals surface area contributed by atoms with Crippen molar-refractivity contribution in [2.75, 3.05) is 18.5 Å². The van der Waals surface area contributed by atoms with E-state index < -0.39 is 11.7 Å². The Bertz CT molecular complexity index is 481. The van der Waals surface area contributed by atoms with Gasteiger partial charge >= 0.3 is 6.09 Å². The lowest BCUT2D eigenvalue weighted by Crippen LogP contribution is -2.29. The molecule has 0 aromatic heterocycles. The quantitative estimate of drug-likeness (QED) is 0.918. The van der Waals surface area contributed by atoms with Crippen LogP contribution < -0.4 is 10.2 Å². The van der Waals surface area contributed by atoms with Crippen LogP contribution in [-0.2, 0) is 4.74 Å². The van der Waals surface area contributed by atoms with Crippen molar-refractivity contribution in [1.29, 1.82) is 0 Å². The first-order chi connectivity index (χ1) is 9.28. The number of hydrogen-bond acceptors (Lipinski definition) is 3. The molecule has 0 atom stereocenters. The number of rotatable bonds is 4. The number of nitrogens with zero attached hydrogens (tertiary/aromatic N) is 1. The summed E-state index contributed by atoms with van der Waals surface area (Å²) in [5.74, 6) is 0. The fourth-order valence-electron chi connectivity index (χ4n) is 1.46. The van der Waals surface area contributed by atoms with Gasteiger partial charge in [0, 0.05) is 30.5 Å². The van der Waals surface area contributed by atoms with Gasteiger partial charge in [-0.3, -0.25) is 5.32 Å². The summed E-state index contributed by atoms with van der Waals surface area (Å²) in [6, 6.07) is 7.59. The average molecular weight is 297 g/mol. The van der Waals surface area contributed by atoms with Gasteiger partial charge in [-0.2, -0.15) is 0 Å². The van der Waals surface area contributed by atoms with Crippen molar-refractivity contribution in [2.45, 2.75) is 26.4 Å². The van der Waals surface area contributed by atoms with E-state index in [1.54, 1.807) is 6.20 Å². The van der Waals surface area contributed by atoms with Crippen LogP contribution in [0.25, 0.3) is 0 Å². The van der Waals surface area contributed by atoms with E-state index in [4.69, 9.17) is 16.3 Å². The fourth-order valence-corrected chi connectivity index (χ4v) is 1.65. The second-order valence-corrected chi connectivity index (χ2v) is 5.85. The summed E-state index contributed by atoms with van der Waals surface area (Å²) in [5.41, 5.74) is 0.523. The van der Waals surface area contributed by atoms with Gasteiger partial charge in [0.15, 0.2) is 0 Å². The first-order valence-corrected chi connectivity index (χ1v) is 6.77. The van der Waals surface area contributed by atoms with Crippen LogP contribution in [0.15, 0.2) is 36.5 Å². The molecule has 0 radical (unpaired) electrons. The number of ether oxygens (including phenoxy) is 1. The first-order valence-electron chi connectivity index (χ1n) is 6.39. The van der Waals surface area contributed by atoms with E-state index in [9.17, 15) is 4.79 Å². The number of likely N-dealkylation sites (N-methyl/N-ethyl adjacent to an activating group) is 1. The molecule has 0 aliphatic rings. The third kappa shape index (κ3) is 6.48. The molecule has 1 amide bonds. The lowest BCUT2D eigenvalue weighted by atomic mass is 10.2. The lowest BCUT2D eigenvalue weighted by molar-refractivity contribution is 0.0552. The third-order valence-corrected chi connectivity index (χ3v) is 2.58.